The topological polar surface area (TPSA) is 46.9 Å². The van der Waals surface area contributed by atoms with E-state index in [-0.39, 0.29) is 5.91 Å². The summed E-state index contributed by atoms with van der Waals surface area (Å²) >= 11 is 18.3. The molecule has 4 nitrogen and oxygen atoms in total. The van der Waals surface area contributed by atoms with Gasteiger partial charge in [-0.3, -0.25) is 4.79 Å². The number of para-hydroxylation sites is 2. The number of aromatic nitrogens is 2. The van der Waals surface area contributed by atoms with E-state index in [1.54, 1.807) is 30.3 Å². The molecule has 0 saturated carbocycles. The number of hydrogen-bond acceptors (Lipinski definition) is 2. The number of amides is 1. The van der Waals surface area contributed by atoms with Gasteiger partial charge in [-0.2, -0.15) is 0 Å². The first-order chi connectivity index (χ1) is 15.0. The number of fused-ring (bicyclic) bond motifs is 1. The molecule has 0 bridgehead atoms. The Labute approximate surface area is 195 Å². The summed E-state index contributed by atoms with van der Waals surface area (Å²) in [5, 5.41) is 4.80. The number of hydrogen-bond donors (Lipinski definition) is 1. The summed E-state index contributed by atoms with van der Waals surface area (Å²) in [4.78, 5) is 17.1. The smallest absolute Gasteiger partial charge is 0.251 e. The van der Waals surface area contributed by atoms with Crippen molar-refractivity contribution in [3.63, 3.8) is 0 Å². The third kappa shape index (κ3) is 5.21. The van der Waals surface area contributed by atoms with Crippen molar-refractivity contribution in [3.05, 3.63) is 98.7 Å². The quantitative estimate of drug-likeness (QED) is 0.316. The molecule has 0 spiro atoms. The zero-order valence-corrected chi connectivity index (χ0v) is 18.9. The molecule has 0 fully saturated rings. The second kappa shape index (κ2) is 9.73. The molecule has 1 heterocycles. The number of nitrogens with zero attached hydrogens (tertiary/aromatic N) is 2. The first-order valence-electron chi connectivity index (χ1n) is 9.93. The summed E-state index contributed by atoms with van der Waals surface area (Å²) in [6.45, 7) is 1.15. The van der Waals surface area contributed by atoms with Gasteiger partial charge < -0.3 is 9.88 Å². The maximum atomic E-state index is 12.3. The number of rotatable bonds is 7. The molecule has 1 aromatic heterocycles. The molecule has 4 rings (SSSR count). The van der Waals surface area contributed by atoms with Crippen LogP contribution >= 0.6 is 34.8 Å². The van der Waals surface area contributed by atoms with Gasteiger partial charge in [0.25, 0.3) is 5.91 Å². The predicted molar refractivity (Wildman–Crippen MR) is 127 cm³/mol. The Kier molecular flexibility index (Phi) is 6.81. The lowest BCUT2D eigenvalue weighted by Gasteiger charge is -2.11. The van der Waals surface area contributed by atoms with Gasteiger partial charge in [-0.1, -0.05) is 53.0 Å². The van der Waals surface area contributed by atoms with Gasteiger partial charge in [-0.05, 0) is 60.5 Å². The van der Waals surface area contributed by atoms with Gasteiger partial charge >= 0.3 is 0 Å². The van der Waals surface area contributed by atoms with Crippen LogP contribution < -0.4 is 5.32 Å². The van der Waals surface area contributed by atoms with Crippen molar-refractivity contribution < 1.29 is 4.79 Å². The molecule has 0 radical (unpaired) electrons. The molecule has 1 N–H and O–H groups in total. The fourth-order valence-electron chi connectivity index (χ4n) is 3.46. The average molecular weight is 473 g/mol. The number of imidazole rings is 1. The SMILES string of the molecule is O=C(NCCCc1nc2ccccc2n1Cc1ccc(Cl)cc1Cl)c1ccc(Cl)cc1. The molecule has 0 saturated heterocycles. The maximum absolute atomic E-state index is 12.3. The van der Waals surface area contributed by atoms with Gasteiger partial charge in [-0.15, -0.1) is 0 Å². The zero-order chi connectivity index (χ0) is 21.8. The van der Waals surface area contributed by atoms with E-state index < -0.39 is 0 Å². The highest BCUT2D eigenvalue weighted by Gasteiger charge is 2.13. The Morgan fingerprint density at radius 3 is 2.45 bits per heavy atom. The molecule has 158 valence electrons. The predicted octanol–water partition coefficient (Wildman–Crippen LogP) is 6.41. The highest BCUT2D eigenvalue weighted by atomic mass is 35.5. The minimum Gasteiger partial charge on any atom is -0.352 e. The molecule has 1 amide bonds. The molecular formula is C24H20Cl3N3O. The van der Waals surface area contributed by atoms with Crippen molar-refractivity contribution in [3.8, 4) is 0 Å². The molecule has 0 aliphatic rings. The molecule has 0 atom stereocenters. The van der Waals surface area contributed by atoms with Crippen LogP contribution in [0.1, 0.15) is 28.2 Å². The molecular weight excluding hydrogens is 453 g/mol. The Morgan fingerprint density at radius 1 is 0.935 bits per heavy atom. The Morgan fingerprint density at radius 2 is 1.68 bits per heavy atom. The first-order valence-corrected chi connectivity index (χ1v) is 11.1. The number of carbonyl (C=O) groups is 1. The van der Waals surface area contributed by atoms with E-state index in [2.05, 4.69) is 16.0 Å². The summed E-state index contributed by atoms with van der Waals surface area (Å²) in [7, 11) is 0. The van der Waals surface area contributed by atoms with E-state index in [0.717, 1.165) is 35.3 Å². The van der Waals surface area contributed by atoms with E-state index in [1.807, 2.05) is 30.3 Å². The van der Waals surface area contributed by atoms with Crippen molar-refractivity contribution in [2.75, 3.05) is 6.54 Å². The van der Waals surface area contributed by atoms with Crippen LogP contribution in [-0.2, 0) is 13.0 Å². The van der Waals surface area contributed by atoms with Gasteiger partial charge in [-0.25, -0.2) is 4.98 Å². The molecule has 4 aromatic rings. The lowest BCUT2D eigenvalue weighted by Crippen LogP contribution is -2.25. The maximum Gasteiger partial charge on any atom is 0.251 e. The van der Waals surface area contributed by atoms with Gasteiger partial charge in [0.05, 0.1) is 17.6 Å². The zero-order valence-electron chi connectivity index (χ0n) is 16.6. The Hall–Kier alpha value is -2.53. The van der Waals surface area contributed by atoms with Crippen LogP contribution in [0.3, 0.4) is 0 Å². The number of aryl methyl sites for hydroxylation is 1. The van der Waals surface area contributed by atoms with Crippen molar-refractivity contribution in [1.29, 1.82) is 0 Å². The first kappa shape index (κ1) is 21.7. The van der Waals surface area contributed by atoms with Crippen molar-refractivity contribution >= 4 is 51.7 Å². The average Bonchev–Trinajstić information content (AvgIpc) is 3.11. The number of benzene rings is 3. The minimum atomic E-state index is -0.113. The van der Waals surface area contributed by atoms with Gasteiger partial charge in [0, 0.05) is 33.6 Å². The fraction of sp³-hybridized carbons (Fsp3) is 0.167. The summed E-state index contributed by atoms with van der Waals surface area (Å²) in [6, 6.07) is 20.4. The van der Waals surface area contributed by atoms with Gasteiger partial charge in [0.2, 0.25) is 0 Å². The summed E-state index contributed by atoms with van der Waals surface area (Å²) in [5.41, 5.74) is 3.56. The van der Waals surface area contributed by atoms with E-state index in [4.69, 9.17) is 39.8 Å². The number of carbonyl (C=O) groups excluding carboxylic acids is 1. The Bertz CT molecular complexity index is 1220. The van der Waals surface area contributed by atoms with Crippen LogP contribution in [0.25, 0.3) is 11.0 Å². The van der Waals surface area contributed by atoms with Crippen LogP contribution in [0.4, 0.5) is 0 Å². The Balaban J connectivity index is 1.46. The number of nitrogens with one attached hydrogen (secondary N) is 1. The normalized spacial score (nSPS) is 11.1. The molecule has 0 unspecified atom stereocenters. The summed E-state index contributed by atoms with van der Waals surface area (Å²) in [5.74, 6) is 0.839. The second-order valence-corrected chi connectivity index (χ2v) is 8.49. The molecule has 0 aliphatic heterocycles. The third-order valence-corrected chi connectivity index (χ3v) is 5.89. The largest absolute Gasteiger partial charge is 0.352 e. The molecule has 31 heavy (non-hydrogen) atoms. The van der Waals surface area contributed by atoms with Crippen molar-refractivity contribution in [2.45, 2.75) is 19.4 Å². The lowest BCUT2D eigenvalue weighted by molar-refractivity contribution is 0.0953. The van der Waals surface area contributed by atoms with E-state index in [0.29, 0.717) is 33.7 Å². The number of halogens is 3. The highest BCUT2D eigenvalue weighted by molar-refractivity contribution is 6.35. The van der Waals surface area contributed by atoms with Gasteiger partial charge in [0.15, 0.2) is 0 Å². The second-order valence-electron chi connectivity index (χ2n) is 7.20. The highest BCUT2D eigenvalue weighted by Crippen LogP contribution is 2.25. The molecule has 0 aliphatic carbocycles. The van der Waals surface area contributed by atoms with Gasteiger partial charge in [0.1, 0.15) is 5.82 Å². The molecule has 3 aromatic carbocycles. The summed E-state index contributed by atoms with van der Waals surface area (Å²) in [6.07, 6.45) is 1.48. The van der Waals surface area contributed by atoms with Crippen molar-refractivity contribution in [2.24, 2.45) is 0 Å². The van der Waals surface area contributed by atoms with Crippen molar-refractivity contribution in [1.82, 2.24) is 14.9 Å². The fourth-order valence-corrected chi connectivity index (χ4v) is 4.06. The monoisotopic (exact) mass is 471 g/mol. The van der Waals surface area contributed by atoms with E-state index >= 15 is 0 Å². The van der Waals surface area contributed by atoms with E-state index in [9.17, 15) is 4.79 Å². The molecule has 7 heteroatoms. The van der Waals surface area contributed by atoms with Crippen LogP contribution in [0.2, 0.25) is 15.1 Å². The lowest BCUT2D eigenvalue weighted by atomic mass is 10.2. The standard InChI is InChI=1S/C24H20Cl3N3O/c25-18-10-7-16(8-11-18)24(31)28-13-3-6-23-29-21-4-1-2-5-22(21)30(23)15-17-9-12-19(26)14-20(17)27/h1-2,4-5,7-12,14H,3,6,13,15H2,(H,28,31). The van der Waals surface area contributed by atoms with E-state index in [1.165, 1.54) is 0 Å². The van der Waals surface area contributed by atoms with Crippen LogP contribution in [0.15, 0.2) is 66.7 Å². The van der Waals surface area contributed by atoms with Crippen LogP contribution in [-0.4, -0.2) is 22.0 Å². The van der Waals surface area contributed by atoms with Crippen LogP contribution in [0, 0.1) is 0 Å². The van der Waals surface area contributed by atoms with Crippen LogP contribution in [0.5, 0.6) is 0 Å². The summed E-state index contributed by atoms with van der Waals surface area (Å²) < 4.78 is 2.17. The third-order valence-electron chi connectivity index (χ3n) is 5.05. The minimum absolute atomic E-state index is 0.113.